The van der Waals surface area contributed by atoms with Gasteiger partial charge in [-0.25, -0.2) is 0 Å². The number of furan rings is 1. The maximum Gasteiger partial charge on any atom is 0.295 e. The molecule has 3 aliphatic rings. The molecule has 2 atom stereocenters. The van der Waals surface area contributed by atoms with E-state index in [-0.39, 0.29) is 17.4 Å². The van der Waals surface area contributed by atoms with Gasteiger partial charge in [-0.15, -0.1) is 0 Å². The number of hydrogen-bond donors (Lipinski definition) is 1. The van der Waals surface area contributed by atoms with E-state index in [1.165, 1.54) is 4.90 Å². The fourth-order valence-electron chi connectivity index (χ4n) is 4.81. The van der Waals surface area contributed by atoms with Crippen LogP contribution in [-0.2, 0) is 20.7 Å². The van der Waals surface area contributed by atoms with Crippen molar-refractivity contribution in [2.75, 3.05) is 39.4 Å². The third-order valence-electron chi connectivity index (χ3n) is 6.50. The van der Waals surface area contributed by atoms with Crippen molar-refractivity contribution in [1.82, 2.24) is 9.80 Å². The van der Waals surface area contributed by atoms with Gasteiger partial charge in [0.1, 0.15) is 35.2 Å². The summed E-state index contributed by atoms with van der Waals surface area (Å²) < 4.78 is 17.0. The van der Waals surface area contributed by atoms with Crippen LogP contribution in [0.4, 0.5) is 0 Å². The Morgan fingerprint density at radius 2 is 1.91 bits per heavy atom. The first-order valence-corrected chi connectivity index (χ1v) is 11.4. The lowest BCUT2D eigenvalue weighted by Crippen LogP contribution is -2.42. The summed E-state index contributed by atoms with van der Waals surface area (Å²) in [5.74, 6) is 0.410. The monoisotopic (exact) mass is 452 g/mol. The smallest absolute Gasteiger partial charge is 0.295 e. The van der Waals surface area contributed by atoms with Crippen LogP contribution < -0.4 is 4.74 Å². The number of benzene rings is 1. The second-order valence-electron chi connectivity index (χ2n) is 8.85. The molecular formula is C25H28N2O6. The average molecular weight is 453 g/mol. The molecule has 0 unspecified atom stereocenters. The summed E-state index contributed by atoms with van der Waals surface area (Å²) in [6.45, 7) is 7.63. The average Bonchev–Trinajstić information content (AvgIpc) is 3.47. The Labute approximate surface area is 192 Å². The number of carbonyl (C=O) groups excluding carboxylic acids is 2. The Bertz CT molecular complexity index is 1110. The Kier molecular flexibility index (Phi) is 5.72. The Morgan fingerprint density at radius 1 is 1.12 bits per heavy atom. The normalized spacial score (nSPS) is 24.8. The predicted octanol–water partition coefficient (Wildman–Crippen LogP) is 2.67. The summed E-state index contributed by atoms with van der Waals surface area (Å²) in [5, 5.41) is 11.2. The lowest BCUT2D eigenvalue weighted by atomic mass is 9.97. The second kappa shape index (κ2) is 8.68. The van der Waals surface area contributed by atoms with Gasteiger partial charge < -0.3 is 23.9 Å². The van der Waals surface area contributed by atoms with Crippen molar-refractivity contribution in [3.05, 3.63) is 58.6 Å². The number of rotatable bonds is 5. The first kappa shape index (κ1) is 21.7. The van der Waals surface area contributed by atoms with Gasteiger partial charge >= 0.3 is 0 Å². The number of morpholine rings is 1. The zero-order chi connectivity index (χ0) is 23.1. The number of nitrogens with zero attached hydrogens (tertiary/aromatic N) is 2. The molecule has 1 aromatic carbocycles. The Morgan fingerprint density at radius 3 is 2.64 bits per heavy atom. The van der Waals surface area contributed by atoms with Crippen LogP contribution in [0.15, 0.2) is 40.3 Å². The number of carbonyl (C=O) groups is 2. The van der Waals surface area contributed by atoms with E-state index in [2.05, 4.69) is 4.90 Å². The SMILES string of the molecule is Cc1ccc([C@@H]2/C(=C(\O)c3ccc4c(c3)C[C@H](C)O4)C(=O)C(=O)N2CCN2CCOCC2)o1. The van der Waals surface area contributed by atoms with Crippen LogP contribution in [0.3, 0.4) is 0 Å². The van der Waals surface area contributed by atoms with Crippen molar-refractivity contribution >= 4 is 17.4 Å². The van der Waals surface area contributed by atoms with Crippen LogP contribution in [-0.4, -0.2) is 72.1 Å². The molecule has 8 nitrogen and oxygen atoms in total. The van der Waals surface area contributed by atoms with Crippen molar-refractivity contribution in [3.8, 4) is 5.75 Å². The zero-order valence-electron chi connectivity index (χ0n) is 18.9. The number of ether oxygens (including phenoxy) is 2. The lowest BCUT2D eigenvalue weighted by molar-refractivity contribution is -0.140. The molecule has 0 radical (unpaired) electrons. The van der Waals surface area contributed by atoms with E-state index in [1.807, 2.05) is 19.9 Å². The molecule has 0 bridgehead atoms. The van der Waals surface area contributed by atoms with E-state index in [0.717, 1.165) is 30.8 Å². The van der Waals surface area contributed by atoms with Gasteiger partial charge in [0.25, 0.3) is 11.7 Å². The summed E-state index contributed by atoms with van der Waals surface area (Å²) in [6, 6.07) is 8.14. The number of aryl methyl sites for hydroxylation is 1. The second-order valence-corrected chi connectivity index (χ2v) is 8.85. The number of likely N-dealkylation sites (tertiary alicyclic amines) is 1. The molecule has 1 N–H and O–H groups in total. The fraction of sp³-hybridized carbons (Fsp3) is 0.440. The van der Waals surface area contributed by atoms with Crippen molar-refractivity contribution in [1.29, 1.82) is 0 Å². The summed E-state index contributed by atoms with van der Waals surface area (Å²) in [7, 11) is 0. The minimum absolute atomic E-state index is 0.0586. The minimum atomic E-state index is -0.775. The highest BCUT2D eigenvalue weighted by atomic mass is 16.5. The maximum atomic E-state index is 13.1. The van der Waals surface area contributed by atoms with Crippen molar-refractivity contribution in [2.24, 2.45) is 0 Å². The van der Waals surface area contributed by atoms with E-state index in [4.69, 9.17) is 13.9 Å². The molecule has 2 aromatic rings. The first-order valence-electron chi connectivity index (χ1n) is 11.4. The number of Topliss-reactive ketones (excluding diaryl/α,β-unsaturated/α-hetero) is 1. The lowest BCUT2D eigenvalue weighted by Gasteiger charge is -2.30. The van der Waals surface area contributed by atoms with E-state index in [0.29, 0.717) is 43.4 Å². The van der Waals surface area contributed by atoms with Gasteiger partial charge in [0.05, 0.1) is 18.8 Å². The molecule has 33 heavy (non-hydrogen) atoms. The third-order valence-corrected chi connectivity index (χ3v) is 6.50. The van der Waals surface area contributed by atoms with Gasteiger partial charge in [-0.2, -0.15) is 0 Å². The molecule has 4 heterocycles. The molecule has 0 saturated carbocycles. The van der Waals surface area contributed by atoms with E-state index >= 15 is 0 Å². The van der Waals surface area contributed by atoms with Crippen molar-refractivity contribution < 1.29 is 28.6 Å². The molecule has 1 aromatic heterocycles. The molecular weight excluding hydrogens is 424 g/mol. The predicted molar refractivity (Wildman–Crippen MR) is 120 cm³/mol. The minimum Gasteiger partial charge on any atom is -0.507 e. The summed E-state index contributed by atoms with van der Waals surface area (Å²) in [5.41, 5.74) is 1.52. The van der Waals surface area contributed by atoms with Crippen LogP contribution in [0.5, 0.6) is 5.75 Å². The van der Waals surface area contributed by atoms with Gasteiger partial charge in [0.15, 0.2) is 0 Å². The fourth-order valence-corrected chi connectivity index (χ4v) is 4.81. The number of amides is 1. The number of ketones is 1. The zero-order valence-corrected chi connectivity index (χ0v) is 18.9. The third kappa shape index (κ3) is 4.05. The van der Waals surface area contributed by atoms with E-state index in [1.54, 1.807) is 24.3 Å². The first-order chi connectivity index (χ1) is 15.9. The van der Waals surface area contributed by atoms with Crippen LogP contribution in [0.2, 0.25) is 0 Å². The molecule has 2 fully saturated rings. The number of aliphatic hydroxyl groups is 1. The van der Waals surface area contributed by atoms with Crippen LogP contribution in [0.1, 0.15) is 35.6 Å². The van der Waals surface area contributed by atoms with Crippen molar-refractivity contribution in [2.45, 2.75) is 32.4 Å². The molecule has 1 amide bonds. The molecule has 3 aliphatic heterocycles. The summed E-state index contributed by atoms with van der Waals surface area (Å²) >= 11 is 0. The molecule has 8 heteroatoms. The van der Waals surface area contributed by atoms with Gasteiger partial charge in [0, 0.05) is 38.2 Å². The van der Waals surface area contributed by atoms with Gasteiger partial charge in [0.2, 0.25) is 0 Å². The van der Waals surface area contributed by atoms with Crippen LogP contribution >= 0.6 is 0 Å². The topological polar surface area (TPSA) is 92.5 Å². The molecule has 0 aliphatic carbocycles. The highest BCUT2D eigenvalue weighted by molar-refractivity contribution is 6.46. The summed E-state index contributed by atoms with van der Waals surface area (Å²) in [4.78, 5) is 29.9. The molecule has 174 valence electrons. The standard InChI is InChI=1S/C25H28N2O6/c1-15-3-5-20(32-15)22-21(23(28)17-4-6-19-18(14-17)13-16(2)33-19)24(29)25(30)27(22)8-7-26-9-11-31-12-10-26/h3-6,14,16,22,28H,7-13H2,1-2H3/b23-21+/t16-,22+/m0/s1. The molecule has 0 spiro atoms. The van der Waals surface area contributed by atoms with Crippen molar-refractivity contribution in [3.63, 3.8) is 0 Å². The van der Waals surface area contributed by atoms with E-state index < -0.39 is 17.7 Å². The van der Waals surface area contributed by atoms with E-state index in [9.17, 15) is 14.7 Å². The maximum absolute atomic E-state index is 13.1. The van der Waals surface area contributed by atoms with Crippen LogP contribution in [0.25, 0.3) is 5.76 Å². The Balaban J connectivity index is 1.51. The quantitative estimate of drug-likeness (QED) is 0.424. The number of fused-ring (bicyclic) bond motifs is 1. The Hall–Kier alpha value is -3.10. The number of hydrogen-bond acceptors (Lipinski definition) is 7. The van der Waals surface area contributed by atoms with Gasteiger partial charge in [-0.1, -0.05) is 0 Å². The van der Waals surface area contributed by atoms with Gasteiger partial charge in [-0.05, 0) is 49.7 Å². The molecule has 2 saturated heterocycles. The summed E-state index contributed by atoms with van der Waals surface area (Å²) in [6.07, 6.45) is 0.791. The van der Waals surface area contributed by atoms with Gasteiger partial charge in [-0.3, -0.25) is 14.5 Å². The molecule has 5 rings (SSSR count). The number of aliphatic hydroxyl groups excluding tert-OH is 1. The highest BCUT2D eigenvalue weighted by Gasteiger charge is 2.47. The highest BCUT2D eigenvalue weighted by Crippen LogP contribution is 2.41. The van der Waals surface area contributed by atoms with Crippen LogP contribution in [0, 0.1) is 6.92 Å². The largest absolute Gasteiger partial charge is 0.507 e.